The molecule has 0 spiro atoms. The first kappa shape index (κ1) is 11.5. The summed E-state index contributed by atoms with van der Waals surface area (Å²) in [5.41, 5.74) is 5.67. The summed E-state index contributed by atoms with van der Waals surface area (Å²) in [5, 5.41) is 3.06. The molecule has 1 aliphatic rings. The van der Waals surface area contributed by atoms with Gasteiger partial charge in [0.15, 0.2) is 0 Å². The molecule has 0 aromatic carbocycles. The fraction of sp³-hybridized carbons (Fsp3) is 0.909. The Morgan fingerprint density at radius 1 is 1.50 bits per heavy atom. The molecule has 1 amide bonds. The molecule has 3 unspecified atom stereocenters. The minimum absolute atomic E-state index is 0.0197. The van der Waals surface area contributed by atoms with Crippen molar-refractivity contribution in [3.05, 3.63) is 0 Å². The van der Waals surface area contributed by atoms with E-state index in [4.69, 9.17) is 5.73 Å². The predicted octanol–water partition coefficient (Wildman–Crippen LogP) is 1.42. The highest BCUT2D eigenvalue weighted by Gasteiger charge is 2.24. The van der Waals surface area contributed by atoms with Crippen LogP contribution in [0.1, 0.15) is 46.0 Å². The van der Waals surface area contributed by atoms with Crippen molar-refractivity contribution in [3.8, 4) is 0 Å². The van der Waals surface area contributed by atoms with E-state index in [1.807, 2.05) is 6.92 Å². The number of amides is 1. The van der Waals surface area contributed by atoms with Gasteiger partial charge in [-0.2, -0.15) is 0 Å². The van der Waals surface area contributed by atoms with Crippen molar-refractivity contribution in [2.75, 3.05) is 0 Å². The highest BCUT2D eigenvalue weighted by Crippen LogP contribution is 2.23. The van der Waals surface area contributed by atoms with Crippen molar-refractivity contribution in [3.63, 3.8) is 0 Å². The van der Waals surface area contributed by atoms with Crippen LogP contribution >= 0.6 is 0 Å². The molecule has 0 heterocycles. The van der Waals surface area contributed by atoms with Crippen LogP contribution in [0.25, 0.3) is 0 Å². The van der Waals surface area contributed by atoms with Gasteiger partial charge in [-0.25, -0.2) is 0 Å². The van der Waals surface area contributed by atoms with E-state index in [9.17, 15) is 4.79 Å². The number of nitrogens with one attached hydrogen (secondary N) is 1. The second-order valence-electron chi connectivity index (χ2n) is 4.39. The molecule has 1 aliphatic carbocycles. The van der Waals surface area contributed by atoms with Crippen LogP contribution < -0.4 is 11.1 Å². The van der Waals surface area contributed by atoms with Crippen molar-refractivity contribution >= 4 is 5.91 Å². The summed E-state index contributed by atoms with van der Waals surface area (Å²) in [6.45, 7) is 4.15. The monoisotopic (exact) mass is 198 g/mol. The Labute approximate surface area is 86.4 Å². The third-order valence-corrected chi connectivity index (χ3v) is 3.22. The molecule has 1 fully saturated rings. The van der Waals surface area contributed by atoms with Gasteiger partial charge in [-0.1, -0.05) is 26.7 Å². The smallest absolute Gasteiger partial charge is 0.237 e. The third kappa shape index (κ3) is 2.98. The van der Waals surface area contributed by atoms with Crippen LogP contribution in [0, 0.1) is 5.92 Å². The van der Waals surface area contributed by atoms with E-state index >= 15 is 0 Å². The van der Waals surface area contributed by atoms with Gasteiger partial charge in [0.05, 0.1) is 6.04 Å². The van der Waals surface area contributed by atoms with Gasteiger partial charge >= 0.3 is 0 Å². The van der Waals surface area contributed by atoms with E-state index in [0.717, 1.165) is 6.42 Å². The zero-order chi connectivity index (χ0) is 10.6. The molecular formula is C11H22N2O. The van der Waals surface area contributed by atoms with Gasteiger partial charge in [0, 0.05) is 6.04 Å². The predicted molar refractivity (Wildman–Crippen MR) is 57.8 cm³/mol. The van der Waals surface area contributed by atoms with Gasteiger partial charge < -0.3 is 11.1 Å². The van der Waals surface area contributed by atoms with Crippen molar-refractivity contribution < 1.29 is 4.79 Å². The van der Waals surface area contributed by atoms with Gasteiger partial charge in [0.2, 0.25) is 5.91 Å². The van der Waals surface area contributed by atoms with Gasteiger partial charge in [-0.15, -0.1) is 0 Å². The van der Waals surface area contributed by atoms with Crippen molar-refractivity contribution in [1.29, 1.82) is 0 Å². The first-order valence-corrected chi connectivity index (χ1v) is 5.71. The first-order chi connectivity index (χ1) is 6.65. The highest BCUT2D eigenvalue weighted by molar-refractivity contribution is 5.81. The Hall–Kier alpha value is -0.570. The lowest BCUT2D eigenvalue weighted by molar-refractivity contribution is -0.123. The SMILES string of the molecule is CCC(N)C(=O)NC1CCCCC1C. The van der Waals surface area contributed by atoms with Crippen LogP contribution in [-0.2, 0) is 4.79 Å². The standard InChI is InChI=1S/C11H22N2O/c1-3-9(12)11(14)13-10-7-5-4-6-8(10)2/h8-10H,3-7,12H2,1-2H3,(H,13,14). The average Bonchev–Trinajstić information content (AvgIpc) is 2.20. The molecule has 0 saturated heterocycles. The zero-order valence-electron chi connectivity index (χ0n) is 9.25. The van der Waals surface area contributed by atoms with Crippen LogP contribution in [-0.4, -0.2) is 18.0 Å². The summed E-state index contributed by atoms with van der Waals surface area (Å²) in [5.74, 6) is 0.628. The summed E-state index contributed by atoms with van der Waals surface area (Å²) >= 11 is 0. The number of hydrogen-bond donors (Lipinski definition) is 2. The summed E-state index contributed by atoms with van der Waals surface area (Å²) in [6, 6.07) is 0.0259. The molecule has 1 saturated carbocycles. The van der Waals surface area contributed by atoms with Gasteiger partial charge in [-0.05, 0) is 25.2 Å². The Kier molecular flexibility index (Phi) is 4.39. The lowest BCUT2D eigenvalue weighted by Crippen LogP contribution is -2.48. The molecule has 3 atom stereocenters. The maximum atomic E-state index is 11.6. The molecule has 3 heteroatoms. The fourth-order valence-electron chi connectivity index (χ4n) is 2.01. The molecule has 0 bridgehead atoms. The molecule has 14 heavy (non-hydrogen) atoms. The van der Waals surface area contributed by atoms with E-state index in [2.05, 4.69) is 12.2 Å². The summed E-state index contributed by atoms with van der Waals surface area (Å²) in [4.78, 5) is 11.6. The third-order valence-electron chi connectivity index (χ3n) is 3.22. The Balaban J connectivity index is 2.38. The average molecular weight is 198 g/mol. The molecular weight excluding hydrogens is 176 g/mol. The summed E-state index contributed by atoms with van der Waals surface area (Å²) in [6.07, 6.45) is 5.59. The second-order valence-corrected chi connectivity index (χ2v) is 4.39. The molecule has 0 radical (unpaired) electrons. The van der Waals surface area contributed by atoms with E-state index in [0.29, 0.717) is 18.4 Å². The minimum Gasteiger partial charge on any atom is -0.352 e. The van der Waals surface area contributed by atoms with Crippen LogP contribution in [0.4, 0.5) is 0 Å². The van der Waals surface area contributed by atoms with Crippen molar-refractivity contribution in [2.24, 2.45) is 11.7 Å². The zero-order valence-corrected chi connectivity index (χ0v) is 9.25. The van der Waals surface area contributed by atoms with Crippen LogP contribution in [0.15, 0.2) is 0 Å². The lowest BCUT2D eigenvalue weighted by atomic mass is 9.86. The van der Waals surface area contributed by atoms with E-state index in [-0.39, 0.29) is 11.9 Å². The van der Waals surface area contributed by atoms with Gasteiger partial charge in [0.25, 0.3) is 0 Å². The Bertz CT molecular complexity index is 194. The molecule has 3 nitrogen and oxygen atoms in total. The van der Waals surface area contributed by atoms with Gasteiger partial charge in [-0.3, -0.25) is 4.79 Å². The summed E-state index contributed by atoms with van der Waals surface area (Å²) in [7, 11) is 0. The number of carbonyl (C=O) groups is 1. The summed E-state index contributed by atoms with van der Waals surface area (Å²) < 4.78 is 0. The molecule has 1 rings (SSSR count). The van der Waals surface area contributed by atoms with Gasteiger partial charge in [0.1, 0.15) is 0 Å². The topological polar surface area (TPSA) is 55.1 Å². The number of rotatable bonds is 3. The first-order valence-electron chi connectivity index (χ1n) is 5.71. The maximum Gasteiger partial charge on any atom is 0.237 e. The van der Waals surface area contributed by atoms with Crippen LogP contribution in [0.2, 0.25) is 0 Å². The number of carbonyl (C=O) groups excluding carboxylic acids is 1. The molecule has 0 aliphatic heterocycles. The van der Waals surface area contributed by atoms with Crippen LogP contribution in [0.5, 0.6) is 0 Å². The Morgan fingerprint density at radius 3 is 2.71 bits per heavy atom. The van der Waals surface area contributed by atoms with Crippen molar-refractivity contribution in [1.82, 2.24) is 5.32 Å². The molecule has 3 N–H and O–H groups in total. The number of nitrogens with two attached hydrogens (primary N) is 1. The normalized spacial score (nSPS) is 29.6. The molecule has 0 aromatic rings. The van der Waals surface area contributed by atoms with E-state index < -0.39 is 0 Å². The van der Waals surface area contributed by atoms with Crippen molar-refractivity contribution in [2.45, 2.75) is 58.0 Å². The maximum absolute atomic E-state index is 11.6. The van der Waals surface area contributed by atoms with Crippen LogP contribution in [0.3, 0.4) is 0 Å². The Morgan fingerprint density at radius 2 is 2.14 bits per heavy atom. The highest BCUT2D eigenvalue weighted by atomic mass is 16.2. The number of hydrogen-bond acceptors (Lipinski definition) is 2. The quantitative estimate of drug-likeness (QED) is 0.720. The van der Waals surface area contributed by atoms with E-state index in [1.54, 1.807) is 0 Å². The molecule has 0 aromatic heterocycles. The fourth-order valence-corrected chi connectivity index (χ4v) is 2.01. The molecule has 82 valence electrons. The van der Waals surface area contributed by atoms with E-state index in [1.165, 1.54) is 19.3 Å². The largest absolute Gasteiger partial charge is 0.352 e. The second kappa shape index (κ2) is 5.35. The lowest BCUT2D eigenvalue weighted by Gasteiger charge is -2.30. The minimum atomic E-state index is -0.330.